The van der Waals surface area contributed by atoms with Crippen LogP contribution in [0.4, 0.5) is 0 Å². The Hall–Kier alpha value is -2.83. The van der Waals surface area contributed by atoms with Crippen molar-refractivity contribution in [2.45, 2.75) is 43.4 Å². The minimum atomic E-state index is -1.30. The smallest absolute Gasteiger partial charge is 0.327 e. The number of nitrogens with zero attached hydrogens (tertiary/aromatic N) is 1. The number of aliphatic hydroxyl groups is 1. The highest BCUT2D eigenvalue weighted by Crippen LogP contribution is 2.19. The topological polar surface area (TPSA) is 182 Å². The van der Waals surface area contributed by atoms with E-state index in [1.807, 2.05) is 0 Å². The lowest BCUT2D eigenvalue weighted by molar-refractivity contribution is -0.144. The highest BCUT2D eigenvalue weighted by Gasteiger charge is 2.38. The van der Waals surface area contributed by atoms with E-state index in [1.165, 1.54) is 17.0 Å². The van der Waals surface area contributed by atoms with E-state index in [9.17, 15) is 29.4 Å². The molecule has 32 heavy (non-hydrogen) atoms. The summed E-state index contributed by atoms with van der Waals surface area (Å²) in [6, 6.07) is 1.71. The molecule has 176 valence electrons. The second-order valence-electron chi connectivity index (χ2n) is 7.49. The third kappa shape index (κ3) is 6.58. The molecule has 0 aliphatic carbocycles. The van der Waals surface area contributed by atoms with Gasteiger partial charge in [-0.25, -0.2) is 4.79 Å². The van der Waals surface area contributed by atoms with Crippen LogP contribution in [0.5, 0.6) is 5.75 Å². The van der Waals surface area contributed by atoms with E-state index in [0.29, 0.717) is 18.4 Å². The molecule has 0 spiro atoms. The van der Waals surface area contributed by atoms with Gasteiger partial charge in [-0.2, -0.15) is 12.6 Å². The summed E-state index contributed by atoms with van der Waals surface area (Å²) in [6.45, 7) is -0.475. The van der Waals surface area contributed by atoms with E-state index in [4.69, 9.17) is 10.8 Å². The zero-order chi connectivity index (χ0) is 23.8. The molecule has 3 amide bonds. The first kappa shape index (κ1) is 25.4. The van der Waals surface area contributed by atoms with Crippen LogP contribution in [-0.2, 0) is 25.6 Å². The molecule has 1 aliphatic heterocycles. The highest BCUT2D eigenvalue weighted by molar-refractivity contribution is 7.80. The number of aromatic hydroxyl groups is 1. The van der Waals surface area contributed by atoms with Crippen LogP contribution in [0.2, 0.25) is 0 Å². The fourth-order valence-electron chi connectivity index (χ4n) is 3.40. The van der Waals surface area contributed by atoms with Crippen LogP contribution in [-0.4, -0.2) is 87.0 Å². The second kappa shape index (κ2) is 11.7. The van der Waals surface area contributed by atoms with Crippen molar-refractivity contribution in [3.8, 4) is 5.75 Å². The summed E-state index contributed by atoms with van der Waals surface area (Å²) in [6.07, 6.45) is 0.978. The van der Waals surface area contributed by atoms with Crippen molar-refractivity contribution in [3.05, 3.63) is 29.8 Å². The predicted octanol–water partition coefficient (Wildman–Crippen LogP) is -1.77. The first-order chi connectivity index (χ1) is 15.2. The fraction of sp³-hybridized carbons (Fsp3) is 0.500. The molecule has 0 radical (unpaired) electrons. The Balaban J connectivity index is 2.00. The molecular formula is C20H28N4O7S. The molecule has 12 heteroatoms. The number of carbonyl (C=O) groups excluding carboxylic acids is 3. The molecule has 1 fully saturated rings. The number of hydrogen-bond acceptors (Lipinski definition) is 8. The van der Waals surface area contributed by atoms with Gasteiger partial charge < -0.3 is 36.6 Å². The molecule has 1 aromatic carbocycles. The maximum atomic E-state index is 12.9. The van der Waals surface area contributed by atoms with Crippen LogP contribution in [0.1, 0.15) is 18.4 Å². The molecule has 0 saturated carbocycles. The van der Waals surface area contributed by atoms with Crippen LogP contribution < -0.4 is 16.4 Å². The Morgan fingerprint density at radius 2 is 1.81 bits per heavy atom. The first-order valence-corrected chi connectivity index (χ1v) is 10.7. The van der Waals surface area contributed by atoms with Crippen molar-refractivity contribution in [2.75, 3.05) is 18.9 Å². The van der Waals surface area contributed by atoms with Crippen LogP contribution in [0.3, 0.4) is 0 Å². The molecule has 4 unspecified atom stereocenters. The average Bonchev–Trinajstić information content (AvgIpc) is 3.26. The standard InChI is InChI=1S/C20H28N4O7S/c21-13(8-11-3-5-12(26)6-4-11)17(27)22-14(9-25)19(29)24-7-1-2-16(24)18(28)23-15(10-32)20(30)31/h3-6,13-16,25-26,32H,1-2,7-10,21H2,(H,22,27)(H,23,28)(H,30,31). The van der Waals surface area contributed by atoms with Crippen molar-refractivity contribution in [2.24, 2.45) is 5.73 Å². The van der Waals surface area contributed by atoms with Gasteiger partial charge in [-0.1, -0.05) is 12.1 Å². The highest BCUT2D eigenvalue weighted by atomic mass is 32.1. The van der Waals surface area contributed by atoms with Crippen LogP contribution in [0.15, 0.2) is 24.3 Å². The SMILES string of the molecule is NC(Cc1ccc(O)cc1)C(=O)NC(CO)C(=O)N1CCCC1C(=O)NC(CS)C(=O)O. The molecule has 11 nitrogen and oxygen atoms in total. The molecule has 7 N–H and O–H groups in total. The monoisotopic (exact) mass is 468 g/mol. The Morgan fingerprint density at radius 1 is 1.16 bits per heavy atom. The summed E-state index contributed by atoms with van der Waals surface area (Å²) in [4.78, 5) is 50.2. The predicted molar refractivity (Wildman–Crippen MR) is 117 cm³/mol. The Bertz CT molecular complexity index is 836. The van der Waals surface area contributed by atoms with Gasteiger partial charge in [0.15, 0.2) is 0 Å². The number of phenols is 1. The van der Waals surface area contributed by atoms with Gasteiger partial charge in [0, 0.05) is 12.3 Å². The summed E-state index contributed by atoms with van der Waals surface area (Å²) in [5.41, 5.74) is 6.61. The van der Waals surface area contributed by atoms with Crippen molar-refractivity contribution < 1.29 is 34.5 Å². The molecule has 4 atom stereocenters. The van der Waals surface area contributed by atoms with Gasteiger partial charge in [0.05, 0.1) is 12.6 Å². The summed E-state index contributed by atoms with van der Waals surface area (Å²) in [5, 5.41) is 32.8. The zero-order valence-corrected chi connectivity index (χ0v) is 18.2. The number of nitrogens with one attached hydrogen (secondary N) is 2. The van der Waals surface area contributed by atoms with E-state index < -0.39 is 54.5 Å². The van der Waals surface area contributed by atoms with Gasteiger partial charge in [-0.3, -0.25) is 14.4 Å². The number of nitrogens with two attached hydrogens (primary N) is 1. The summed E-state index contributed by atoms with van der Waals surface area (Å²) in [5.74, 6) is -3.24. The number of carbonyl (C=O) groups is 4. The van der Waals surface area contributed by atoms with Gasteiger partial charge in [-0.15, -0.1) is 0 Å². The Labute approximate surface area is 190 Å². The Kier molecular flexibility index (Phi) is 9.29. The fourth-order valence-corrected chi connectivity index (χ4v) is 3.65. The van der Waals surface area contributed by atoms with Crippen molar-refractivity contribution >= 4 is 36.3 Å². The van der Waals surface area contributed by atoms with E-state index in [-0.39, 0.29) is 24.5 Å². The van der Waals surface area contributed by atoms with E-state index in [1.54, 1.807) is 12.1 Å². The maximum absolute atomic E-state index is 12.9. The third-order valence-electron chi connectivity index (χ3n) is 5.16. The number of aliphatic carboxylic acids is 1. The number of carboxylic acid groups (broad SMARTS) is 1. The van der Waals surface area contributed by atoms with Gasteiger partial charge in [-0.05, 0) is 37.0 Å². The molecule has 1 aromatic rings. The minimum absolute atomic E-state index is 0.0750. The molecule has 1 aliphatic rings. The maximum Gasteiger partial charge on any atom is 0.327 e. The van der Waals surface area contributed by atoms with Crippen molar-refractivity contribution in [1.82, 2.24) is 15.5 Å². The number of phenolic OH excluding ortho intramolecular Hbond substituents is 1. The lowest BCUT2D eigenvalue weighted by atomic mass is 10.1. The number of carboxylic acids is 1. The van der Waals surface area contributed by atoms with E-state index >= 15 is 0 Å². The number of likely N-dealkylation sites (tertiary alicyclic amines) is 1. The van der Waals surface area contributed by atoms with Gasteiger partial charge in [0.25, 0.3) is 0 Å². The summed E-state index contributed by atoms with van der Waals surface area (Å²) >= 11 is 3.90. The normalized spacial score (nSPS) is 18.5. The molecule has 0 bridgehead atoms. The third-order valence-corrected chi connectivity index (χ3v) is 5.53. The molecular weight excluding hydrogens is 440 g/mol. The second-order valence-corrected chi connectivity index (χ2v) is 7.86. The minimum Gasteiger partial charge on any atom is -0.508 e. The van der Waals surface area contributed by atoms with E-state index in [2.05, 4.69) is 23.3 Å². The van der Waals surface area contributed by atoms with Crippen molar-refractivity contribution in [1.29, 1.82) is 0 Å². The van der Waals surface area contributed by atoms with Crippen LogP contribution >= 0.6 is 12.6 Å². The molecule has 1 saturated heterocycles. The van der Waals surface area contributed by atoms with Crippen LogP contribution in [0.25, 0.3) is 0 Å². The average molecular weight is 469 g/mol. The summed E-state index contributed by atoms with van der Waals surface area (Å²) < 4.78 is 0. The molecule has 0 aromatic heterocycles. The largest absolute Gasteiger partial charge is 0.508 e. The zero-order valence-electron chi connectivity index (χ0n) is 17.3. The number of rotatable bonds is 10. The van der Waals surface area contributed by atoms with E-state index in [0.717, 1.165) is 0 Å². The van der Waals surface area contributed by atoms with Gasteiger partial charge in [0.2, 0.25) is 17.7 Å². The van der Waals surface area contributed by atoms with Gasteiger partial charge >= 0.3 is 5.97 Å². The lowest BCUT2D eigenvalue weighted by Crippen LogP contribution is -2.58. The quantitative estimate of drug-likeness (QED) is 0.197. The number of aliphatic hydroxyl groups excluding tert-OH is 1. The van der Waals surface area contributed by atoms with Crippen LogP contribution in [0, 0.1) is 0 Å². The Morgan fingerprint density at radius 3 is 2.38 bits per heavy atom. The number of hydrogen-bond donors (Lipinski definition) is 7. The number of amides is 3. The molecule has 1 heterocycles. The summed E-state index contributed by atoms with van der Waals surface area (Å²) in [7, 11) is 0. The number of thiol groups is 1. The number of benzene rings is 1. The van der Waals surface area contributed by atoms with Crippen molar-refractivity contribution in [3.63, 3.8) is 0 Å². The molecule has 2 rings (SSSR count). The lowest BCUT2D eigenvalue weighted by Gasteiger charge is -2.29. The first-order valence-electron chi connectivity index (χ1n) is 10.1. The van der Waals surface area contributed by atoms with Gasteiger partial charge in [0.1, 0.15) is 23.9 Å².